The lowest BCUT2D eigenvalue weighted by molar-refractivity contribution is -0.137. The van der Waals surface area contributed by atoms with Gasteiger partial charge in [-0.25, -0.2) is 0 Å². The van der Waals surface area contributed by atoms with Crippen molar-refractivity contribution in [3.8, 4) is 0 Å². The summed E-state index contributed by atoms with van der Waals surface area (Å²) in [4.78, 5) is 15.4. The van der Waals surface area contributed by atoms with Crippen LogP contribution in [0.4, 0.5) is 0 Å². The number of aliphatic carboxylic acids is 1. The number of furan rings is 1. The zero-order valence-corrected chi connectivity index (χ0v) is 11.4. The molecule has 0 aliphatic carbocycles. The van der Waals surface area contributed by atoms with Gasteiger partial charge < -0.3 is 14.4 Å². The van der Waals surface area contributed by atoms with Crippen LogP contribution in [0.5, 0.6) is 0 Å². The number of hydrogen-bond acceptors (Lipinski definition) is 4. The van der Waals surface area contributed by atoms with E-state index in [0.29, 0.717) is 6.42 Å². The van der Waals surface area contributed by atoms with Crippen LogP contribution in [0.1, 0.15) is 25.0 Å². The van der Waals surface area contributed by atoms with Crippen molar-refractivity contribution in [2.45, 2.75) is 31.8 Å². The maximum absolute atomic E-state index is 10.8. The normalized spacial score (nSPS) is 22.3. The first kappa shape index (κ1) is 14.1. The molecule has 2 rings (SSSR count). The molecule has 1 N–H and O–H groups in total. The molecule has 2 heterocycles. The summed E-state index contributed by atoms with van der Waals surface area (Å²) in [7, 11) is 2.10. The number of carbonyl (C=O) groups is 1. The van der Waals surface area contributed by atoms with Crippen LogP contribution in [0.3, 0.4) is 0 Å². The van der Waals surface area contributed by atoms with E-state index in [9.17, 15) is 4.79 Å². The Labute approximate surface area is 113 Å². The first-order chi connectivity index (χ1) is 9.15. The van der Waals surface area contributed by atoms with Crippen LogP contribution in [-0.4, -0.2) is 53.6 Å². The van der Waals surface area contributed by atoms with Gasteiger partial charge in [0.25, 0.3) is 0 Å². The van der Waals surface area contributed by atoms with E-state index in [1.54, 1.807) is 6.26 Å². The summed E-state index contributed by atoms with van der Waals surface area (Å²) in [6.07, 6.45) is 3.72. The average Bonchev–Trinajstić information content (AvgIpc) is 2.79. The summed E-state index contributed by atoms with van der Waals surface area (Å²) in [5.41, 5.74) is 0. The second kappa shape index (κ2) is 6.73. The summed E-state index contributed by atoms with van der Waals surface area (Å²) < 4.78 is 5.41. The third kappa shape index (κ3) is 4.36. The van der Waals surface area contributed by atoms with Crippen molar-refractivity contribution in [2.75, 3.05) is 26.7 Å². The molecule has 5 heteroatoms. The largest absolute Gasteiger partial charge is 0.481 e. The fourth-order valence-corrected chi connectivity index (χ4v) is 2.67. The average molecular weight is 266 g/mol. The maximum atomic E-state index is 10.8. The number of hydrogen-bond donors (Lipinski definition) is 1. The monoisotopic (exact) mass is 266 g/mol. The highest BCUT2D eigenvalue weighted by atomic mass is 16.4. The molecule has 0 amide bonds. The Balaban J connectivity index is 1.99. The predicted octanol–water partition coefficient (Wildman–Crippen LogP) is 1.65. The molecule has 0 radical (unpaired) electrons. The van der Waals surface area contributed by atoms with Gasteiger partial charge >= 0.3 is 5.97 Å². The Morgan fingerprint density at radius 3 is 3.05 bits per heavy atom. The molecular weight excluding hydrogens is 244 g/mol. The third-order valence-corrected chi connectivity index (χ3v) is 3.65. The van der Waals surface area contributed by atoms with Crippen molar-refractivity contribution < 1.29 is 14.3 Å². The van der Waals surface area contributed by atoms with Crippen LogP contribution in [0, 0.1) is 0 Å². The highest BCUT2D eigenvalue weighted by Crippen LogP contribution is 2.17. The number of likely N-dealkylation sites (N-methyl/N-ethyl adjacent to an activating group) is 1. The number of rotatable bonds is 5. The zero-order valence-electron chi connectivity index (χ0n) is 11.4. The molecular formula is C14H22N2O3. The van der Waals surface area contributed by atoms with E-state index in [-0.39, 0.29) is 12.5 Å². The van der Waals surface area contributed by atoms with E-state index >= 15 is 0 Å². The van der Waals surface area contributed by atoms with E-state index in [4.69, 9.17) is 9.52 Å². The quantitative estimate of drug-likeness (QED) is 0.878. The van der Waals surface area contributed by atoms with Crippen molar-refractivity contribution >= 4 is 5.97 Å². The molecule has 0 bridgehead atoms. The molecule has 1 saturated heterocycles. The van der Waals surface area contributed by atoms with Gasteiger partial charge in [0.05, 0.1) is 12.8 Å². The van der Waals surface area contributed by atoms with Crippen molar-refractivity contribution in [3.05, 3.63) is 24.2 Å². The summed E-state index contributed by atoms with van der Waals surface area (Å²) >= 11 is 0. The van der Waals surface area contributed by atoms with Gasteiger partial charge in [-0.2, -0.15) is 0 Å². The van der Waals surface area contributed by atoms with Gasteiger partial charge in [0.1, 0.15) is 5.76 Å². The van der Waals surface area contributed by atoms with Crippen molar-refractivity contribution in [1.82, 2.24) is 9.80 Å². The second-order valence-electron chi connectivity index (χ2n) is 5.25. The Bertz CT molecular complexity index is 391. The number of carboxylic acid groups (broad SMARTS) is 1. The van der Waals surface area contributed by atoms with Crippen LogP contribution in [-0.2, 0) is 11.3 Å². The summed E-state index contributed by atoms with van der Waals surface area (Å²) in [5.74, 6) is 0.231. The number of nitrogens with zero attached hydrogens (tertiary/aromatic N) is 2. The van der Waals surface area contributed by atoms with Gasteiger partial charge in [-0.05, 0) is 38.6 Å². The molecule has 5 nitrogen and oxygen atoms in total. The van der Waals surface area contributed by atoms with Crippen LogP contribution in [0.15, 0.2) is 22.8 Å². The predicted molar refractivity (Wildman–Crippen MR) is 71.9 cm³/mol. The van der Waals surface area contributed by atoms with Gasteiger partial charge in [0.2, 0.25) is 0 Å². The van der Waals surface area contributed by atoms with E-state index in [0.717, 1.165) is 38.4 Å². The fourth-order valence-electron chi connectivity index (χ4n) is 2.67. The minimum Gasteiger partial charge on any atom is -0.481 e. The minimum absolute atomic E-state index is 0.229. The Morgan fingerprint density at radius 2 is 2.37 bits per heavy atom. The lowest BCUT2D eigenvalue weighted by Gasteiger charge is -2.29. The summed E-state index contributed by atoms with van der Waals surface area (Å²) in [6, 6.07) is 4.16. The molecule has 1 aromatic heterocycles. The SMILES string of the molecule is CN1CCCN(Cc2ccco2)C(CCC(=O)O)C1. The van der Waals surface area contributed by atoms with Gasteiger partial charge in [-0.15, -0.1) is 0 Å². The number of carboxylic acids is 1. The molecule has 1 aliphatic rings. The van der Waals surface area contributed by atoms with Crippen LogP contribution >= 0.6 is 0 Å². The van der Waals surface area contributed by atoms with E-state index < -0.39 is 5.97 Å². The topological polar surface area (TPSA) is 56.9 Å². The summed E-state index contributed by atoms with van der Waals surface area (Å²) in [6.45, 7) is 3.76. The molecule has 1 atom stereocenters. The van der Waals surface area contributed by atoms with Gasteiger partial charge in [0.15, 0.2) is 0 Å². The van der Waals surface area contributed by atoms with E-state index in [1.165, 1.54) is 0 Å². The smallest absolute Gasteiger partial charge is 0.303 e. The molecule has 1 aromatic rings. The first-order valence-electron chi connectivity index (χ1n) is 6.82. The summed E-state index contributed by atoms with van der Waals surface area (Å²) in [5, 5.41) is 8.87. The first-order valence-corrected chi connectivity index (χ1v) is 6.82. The zero-order chi connectivity index (χ0) is 13.7. The minimum atomic E-state index is -0.718. The van der Waals surface area contributed by atoms with Crippen LogP contribution in [0.2, 0.25) is 0 Å². The van der Waals surface area contributed by atoms with E-state index in [2.05, 4.69) is 16.8 Å². The van der Waals surface area contributed by atoms with Gasteiger partial charge in [-0.1, -0.05) is 0 Å². The fraction of sp³-hybridized carbons (Fsp3) is 0.643. The molecule has 1 unspecified atom stereocenters. The van der Waals surface area contributed by atoms with Crippen LogP contribution < -0.4 is 0 Å². The van der Waals surface area contributed by atoms with Crippen LogP contribution in [0.25, 0.3) is 0 Å². The molecule has 19 heavy (non-hydrogen) atoms. The molecule has 1 aliphatic heterocycles. The molecule has 0 saturated carbocycles. The second-order valence-corrected chi connectivity index (χ2v) is 5.25. The lowest BCUT2D eigenvalue weighted by atomic mass is 10.1. The Kier molecular flexibility index (Phi) is 4.99. The standard InChI is InChI=1S/C14H22N2O3/c1-15-7-3-8-16(11-13-4-2-9-19-13)12(10-15)5-6-14(17)18/h2,4,9,12H,3,5-8,10-11H2,1H3,(H,17,18). The Hall–Kier alpha value is -1.33. The van der Waals surface area contributed by atoms with E-state index in [1.807, 2.05) is 12.1 Å². The highest BCUT2D eigenvalue weighted by Gasteiger charge is 2.24. The van der Waals surface area contributed by atoms with Crippen molar-refractivity contribution in [2.24, 2.45) is 0 Å². The highest BCUT2D eigenvalue weighted by molar-refractivity contribution is 5.66. The maximum Gasteiger partial charge on any atom is 0.303 e. The van der Waals surface area contributed by atoms with Gasteiger partial charge in [-0.3, -0.25) is 9.69 Å². The molecule has 0 spiro atoms. The Morgan fingerprint density at radius 1 is 1.53 bits per heavy atom. The van der Waals surface area contributed by atoms with Crippen molar-refractivity contribution in [3.63, 3.8) is 0 Å². The molecule has 106 valence electrons. The van der Waals surface area contributed by atoms with Crippen molar-refractivity contribution in [1.29, 1.82) is 0 Å². The van der Waals surface area contributed by atoms with Gasteiger partial charge in [0, 0.05) is 25.6 Å². The molecule has 1 fully saturated rings. The third-order valence-electron chi connectivity index (χ3n) is 3.65. The molecule has 0 aromatic carbocycles. The lowest BCUT2D eigenvalue weighted by Crippen LogP contribution is -2.40.